The number of carbonyl (C=O) groups is 1. The molecule has 1 N–H and O–H groups in total. The van der Waals surface area contributed by atoms with E-state index in [1.807, 2.05) is 0 Å². The van der Waals surface area contributed by atoms with Crippen molar-refractivity contribution >= 4 is 5.97 Å². The molecule has 1 radical (unpaired) electrons. The van der Waals surface area contributed by atoms with Crippen molar-refractivity contribution in [1.82, 2.24) is 0 Å². The minimum Gasteiger partial charge on any atom is -0.452 e. The van der Waals surface area contributed by atoms with Crippen molar-refractivity contribution in [3.63, 3.8) is 0 Å². The summed E-state index contributed by atoms with van der Waals surface area (Å²) in [5.74, 6) is -3.69. The van der Waals surface area contributed by atoms with Gasteiger partial charge in [-0.25, -0.2) is 9.90 Å². The average molecular weight is 181 g/mol. The third-order valence-corrected chi connectivity index (χ3v) is 1.44. The SMILES string of the molecule is CC(O)(Oc1ccccc1)C([O])=O. The van der Waals surface area contributed by atoms with E-state index < -0.39 is 11.8 Å². The second kappa shape index (κ2) is 3.45. The highest BCUT2D eigenvalue weighted by atomic mass is 16.6. The Kier molecular flexibility index (Phi) is 2.53. The number of ether oxygens (including phenoxy) is 1. The van der Waals surface area contributed by atoms with Crippen molar-refractivity contribution in [1.29, 1.82) is 0 Å². The third kappa shape index (κ3) is 2.45. The number of aliphatic hydroxyl groups is 1. The summed E-state index contributed by atoms with van der Waals surface area (Å²) in [4.78, 5) is 10.3. The molecule has 0 saturated heterocycles. The first-order valence-electron chi connectivity index (χ1n) is 3.70. The lowest BCUT2D eigenvalue weighted by Gasteiger charge is -2.18. The van der Waals surface area contributed by atoms with Crippen LogP contribution in [-0.2, 0) is 9.90 Å². The zero-order valence-electron chi connectivity index (χ0n) is 7.06. The highest BCUT2D eigenvalue weighted by molar-refractivity contribution is 5.74. The Morgan fingerprint density at radius 3 is 2.38 bits per heavy atom. The lowest BCUT2D eigenvalue weighted by atomic mass is 10.3. The summed E-state index contributed by atoms with van der Waals surface area (Å²) < 4.78 is 4.76. The van der Waals surface area contributed by atoms with Crippen LogP contribution in [0.4, 0.5) is 0 Å². The summed E-state index contributed by atoms with van der Waals surface area (Å²) in [5, 5.41) is 19.5. The van der Waals surface area contributed by atoms with Crippen LogP contribution in [0.2, 0.25) is 0 Å². The van der Waals surface area contributed by atoms with Crippen molar-refractivity contribution < 1.29 is 19.7 Å². The van der Waals surface area contributed by atoms with E-state index in [4.69, 9.17) is 9.84 Å². The van der Waals surface area contributed by atoms with Gasteiger partial charge in [-0.2, -0.15) is 0 Å². The maximum atomic E-state index is 10.3. The van der Waals surface area contributed by atoms with Gasteiger partial charge in [0.05, 0.1) is 0 Å². The lowest BCUT2D eigenvalue weighted by Crippen LogP contribution is -2.40. The first-order chi connectivity index (χ1) is 6.02. The number of rotatable bonds is 3. The minimum atomic E-state index is -2.29. The van der Waals surface area contributed by atoms with E-state index in [9.17, 15) is 9.90 Å². The van der Waals surface area contributed by atoms with Crippen LogP contribution >= 0.6 is 0 Å². The molecule has 1 atom stereocenters. The van der Waals surface area contributed by atoms with Crippen LogP contribution in [0, 0.1) is 0 Å². The van der Waals surface area contributed by atoms with Gasteiger partial charge in [-0.3, -0.25) is 0 Å². The van der Waals surface area contributed by atoms with Crippen LogP contribution in [0.15, 0.2) is 30.3 Å². The largest absolute Gasteiger partial charge is 0.452 e. The van der Waals surface area contributed by atoms with Gasteiger partial charge in [-0.05, 0) is 12.1 Å². The fourth-order valence-corrected chi connectivity index (χ4v) is 0.760. The van der Waals surface area contributed by atoms with Crippen LogP contribution < -0.4 is 4.74 Å². The molecule has 0 bridgehead atoms. The van der Waals surface area contributed by atoms with Crippen LogP contribution in [-0.4, -0.2) is 16.9 Å². The highest BCUT2D eigenvalue weighted by Crippen LogP contribution is 2.15. The van der Waals surface area contributed by atoms with Crippen molar-refractivity contribution in [2.75, 3.05) is 0 Å². The molecule has 69 valence electrons. The van der Waals surface area contributed by atoms with Gasteiger partial charge in [0.15, 0.2) is 0 Å². The summed E-state index contributed by atoms with van der Waals surface area (Å²) in [6.07, 6.45) is 0. The molecule has 0 aliphatic rings. The second-order valence-electron chi connectivity index (χ2n) is 2.69. The normalized spacial score (nSPS) is 14.6. The van der Waals surface area contributed by atoms with E-state index >= 15 is 0 Å². The lowest BCUT2D eigenvalue weighted by molar-refractivity contribution is -0.195. The third-order valence-electron chi connectivity index (χ3n) is 1.44. The van der Waals surface area contributed by atoms with Gasteiger partial charge < -0.3 is 9.84 Å². The maximum Gasteiger partial charge on any atom is 0.426 e. The van der Waals surface area contributed by atoms with Crippen molar-refractivity contribution in [2.24, 2.45) is 0 Å². The van der Waals surface area contributed by atoms with Gasteiger partial charge in [-0.1, -0.05) is 18.2 Å². The Hall–Kier alpha value is -1.55. The molecule has 0 aliphatic heterocycles. The molecule has 0 fully saturated rings. The van der Waals surface area contributed by atoms with Gasteiger partial charge in [0.25, 0.3) is 0 Å². The minimum absolute atomic E-state index is 0.275. The van der Waals surface area contributed by atoms with E-state index in [2.05, 4.69) is 0 Å². The van der Waals surface area contributed by atoms with E-state index in [0.29, 0.717) is 0 Å². The molecule has 0 aromatic heterocycles. The zero-order chi connectivity index (χ0) is 9.90. The van der Waals surface area contributed by atoms with Gasteiger partial charge >= 0.3 is 11.8 Å². The number of hydrogen-bond acceptors (Lipinski definition) is 3. The standard InChI is InChI=1S/C9H9O4/c1-9(12,8(10)11)13-7-5-3-2-4-6-7/h2-6,12H,1H3. The molecule has 4 nitrogen and oxygen atoms in total. The highest BCUT2D eigenvalue weighted by Gasteiger charge is 2.34. The fraction of sp³-hybridized carbons (Fsp3) is 0.222. The summed E-state index contributed by atoms with van der Waals surface area (Å²) in [6.45, 7) is 1.01. The summed E-state index contributed by atoms with van der Waals surface area (Å²) in [7, 11) is 0. The predicted molar refractivity (Wildman–Crippen MR) is 43.4 cm³/mol. The molecule has 0 heterocycles. The van der Waals surface area contributed by atoms with Gasteiger partial charge in [0.1, 0.15) is 5.75 Å². The number of hydrogen-bond donors (Lipinski definition) is 1. The van der Waals surface area contributed by atoms with Crippen molar-refractivity contribution in [3.05, 3.63) is 30.3 Å². The Labute approximate surface area is 75.4 Å². The molecule has 1 aromatic rings. The summed E-state index contributed by atoms with van der Waals surface area (Å²) >= 11 is 0. The summed E-state index contributed by atoms with van der Waals surface area (Å²) in [6, 6.07) is 8.16. The summed E-state index contributed by atoms with van der Waals surface area (Å²) in [5.41, 5.74) is 0. The predicted octanol–water partition coefficient (Wildman–Crippen LogP) is 0.731. The van der Waals surface area contributed by atoms with Crippen LogP contribution in [0.1, 0.15) is 6.92 Å². The van der Waals surface area contributed by atoms with E-state index in [-0.39, 0.29) is 5.75 Å². The van der Waals surface area contributed by atoms with E-state index in [0.717, 1.165) is 6.92 Å². The first kappa shape index (κ1) is 9.54. The van der Waals surface area contributed by atoms with Gasteiger partial charge in [-0.15, -0.1) is 0 Å². The topological polar surface area (TPSA) is 66.4 Å². The molecular formula is C9H9O4. The van der Waals surface area contributed by atoms with Crippen LogP contribution in [0.25, 0.3) is 0 Å². The Balaban J connectivity index is 2.75. The van der Waals surface area contributed by atoms with E-state index in [1.54, 1.807) is 18.2 Å². The number of carbonyl (C=O) groups excluding carboxylic acids is 1. The molecule has 1 rings (SSSR count). The molecule has 1 aromatic carbocycles. The molecule has 4 heteroatoms. The van der Waals surface area contributed by atoms with Crippen molar-refractivity contribution in [2.45, 2.75) is 12.7 Å². The zero-order valence-corrected chi connectivity index (χ0v) is 7.06. The second-order valence-corrected chi connectivity index (χ2v) is 2.69. The van der Waals surface area contributed by atoms with E-state index in [1.165, 1.54) is 12.1 Å². The number of para-hydroxylation sites is 1. The Morgan fingerprint density at radius 1 is 1.38 bits per heavy atom. The van der Waals surface area contributed by atoms with Crippen LogP contribution in [0.3, 0.4) is 0 Å². The van der Waals surface area contributed by atoms with Gasteiger partial charge in [0, 0.05) is 6.92 Å². The Bertz CT molecular complexity index is 292. The fourth-order valence-electron chi connectivity index (χ4n) is 0.760. The molecule has 0 aliphatic carbocycles. The smallest absolute Gasteiger partial charge is 0.426 e. The molecule has 0 amide bonds. The van der Waals surface area contributed by atoms with Crippen LogP contribution in [0.5, 0.6) is 5.75 Å². The molecule has 13 heavy (non-hydrogen) atoms. The molecule has 1 unspecified atom stereocenters. The quantitative estimate of drug-likeness (QED) is 0.699. The van der Waals surface area contributed by atoms with Gasteiger partial charge in [0.2, 0.25) is 0 Å². The molecule has 0 spiro atoms. The Morgan fingerprint density at radius 2 is 1.92 bits per heavy atom. The maximum absolute atomic E-state index is 10.3. The first-order valence-corrected chi connectivity index (χ1v) is 3.70. The molecular weight excluding hydrogens is 172 g/mol. The number of benzene rings is 1. The molecule has 0 saturated carbocycles. The van der Waals surface area contributed by atoms with Crippen molar-refractivity contribution in [3.8, 4) is 5.75 Å². The average Bonchev–Trinajstić information content (AvgIpc) is 2.05. The monoisotopic (exact) mass is 181 g/mol.